The number of ether oxygens (including phenoxy) is 1. The Hall–Kier alpha value is -3.11. The van der Waals surface area contributed by atoms with Gasteiger partial charge in [-0.25, -0.2) is 4.79 Å². The highest BCUT2D eigenvalue weighted by molar-refractivity contribution is 5.91. The number of hydrogen-bond donors (Lipinski definition) is 1. The number of carbonyl (C=O) groups is 1. The van der Waals surface area contributed by atoms with Crippen molar-refractivity contribution in [1.82, 2.24) is 4.90 Å². The molecule has 38 heavy (non-hydrogen) atoms. The number of anilines is 1. The van der Waals surface area contributed by atoms with Crippen LogP contribution in [0.5, 0.6) is 0 Å². The van der Waals surface area contributed by atoms with E-state index >= 15 is 0 Å². The maximum Gasteiger partial charge on any atom is 0.411 e. The SMILES string of the molecule is O=C(Nc1ccccc1-c1ccccc1)OC1CCN(CCCCCCCCCCc2ccccc2)CC1. The standard InChI is InChI=1S/C34H44N2O2/c37-34(35-33-23-15-14-22-32(33)30-20-12-8-13-21-30)38-31-24-27-36(28-25-31)26-16-6-4-2-1-3-5-9-17-29-18-10-7-11-19-29/h7-8,10-15,18-23,31H,1-6,9,16-17,24-28H2,(H,35,37). The molecule has 0 spiro atoms. The van der Waals surface area contributed by atoms with Crippen molar-refractivity contribution in [2.45, 2.75) is 76.7 Å². The number of para-hydroxylation sites is 1. The predicted molar refractivity (Wildman–Crippen MR) is 159 cm³/mol. The topological polar surface area (TPSA) is 41.6 Å². The average molecular weight is 513 g/mol. The Kier molecular flexibility index (Phi) is 11.7. The van der Waals surface area contributed by atoms with E-state index in [0.717, 1.165) is 42.7 Å². The molecule has 1 heterocycles. The van der Waals surface area contributed by atoms with Crippen LogP contribution in [0.2, 0.25) is 0 Å². The van der Waals surface area contributed by atoms with Crippen LogP contribution in [0.4, 0.5) is 10.5 Å². The summed E-state index contributed by atoms with van der Waals surface area (Å²) in [5.74, 6) is 0. The third-order valence-electron chi connectivity index (χ3n) is 7.59. The van der Waals surface area contributed by atoms with E-state index in [1.807, 2.05) is 42.5 Å². The molecule has 1 fully saturated rings. The van der Waals surface area contributed by atoms with Gasteiger partial charge in [-0.15, -0.1) is 0 Å². The molecule has 4 nitrogen and oxygen atoms in total. The number of amides is 1. The van der Waals surface area contributed by atoms with Crippen molar-refractivity contribution in [2.24, 2.45) is 0 Å². The van der Waals surface area contributed by atoms with Crippen LogP contribution in [0, 0.1) is 0 Å². The van der Waals surface area contributed by atoms with E-state index in [0.29, 0.717) is 0 Å². The van der Waals surface area contributed by atoms with Crippen molar-refractivity contribution < 1.29 is 9.53 Å². The molecule has 1 aliphatic heterocycles. The second-order valence-electron chi connectivity index (χ2n) is 10.5. The lowest BCUT2D eigenvalue weighted by Crippen LogP contribution is -2.38. The summed E-state index contributed by atoms with van der Waals surface area (Å²) in [5, 5.41) is 2.97. The van der Waals surface area contributed by atoms with E-state index in [-0.39, 0.29) is 12.2 Å². The fraction of sp³-hybridized carbons (Fsp3) is 0.441. The molecule has 202 valence electrons. The number of piperidine rings is 1. The Balaban J connectivity index is 1.02. The summed E-state index contributed by atoms with van der Waals surface area (Å²) < 4.78 is 5.78. The quantitative estimate of drug-likeness (QED) is 0.220. The Labute approximate surface area is 229 Å². The molecule has 4 heteroatoms. The van der Waals surface area contributed by atoms with Crippen LogP contribution in [0.3, 0.4) is 0 Å². The molecule has 0 bridgehead atoms. The molecule has 0 atom stereocenters. The van der Waals surface area contributed by atoms with Crippen molar-refractivity contribution in [1.29, 1.82) is 0 Å². The first-order chi connectivity index (χ1) is 18.8. The first-order valence-corrected chi connectivity index (χ1v) is 14.7. The van der Waals surface area contributed by atoms with Gasteiger partial charge in [0.15, 0.2) is 0 Å². The average Bonchev–Trinajstić information content (AvgIpc) is 2.96. The summed E-state index contributed by atoms with van der Waals surface area (Å²) in [6.07, 6.45) is 13.4. The molecule has 4 rings (SSSR count). The molecule has 0 unspecified atom stereocenters. The van der Waals surface area contributed by atoms with Crippen molar-refractivity contribution in [3.63, 3.8) is 0 Å². The number of nitrogens with zero attached hydrogens (tertiary/aromatic N) is 1. The Morgan fingerprint density at radius 2 is 1.29 bits per heavy atom. The number of carbonyl (C=O) groups excluding carboxylic acids is 1. The fourth-order valence-corrected chi connectivity index (χ4v) is 5.37. The number of hydrogen-bond acceptors (Lipinski definition) is 3. The molecule has 1 N–H and O–H groups in total. The van der Waals surface area contributed by atoms with Gasteiger partial charge in [0, 0.05) is 18.7 Å². The normalized spacial score (nSPS) is 14.3. The summed E-state index contributed by atoms with van der Waals surface area (Å²) in [7, 11) is 0. The van der Waals surface area contributed by atoms with Crippen LogP contribution < -0.4 is 5.32 Å². The second kappa shape index (κ2) is 16.0. The summed E-state index contributed by atoms with van der Waals surface area (Å²) in [4.78, 5) is 15.2. The van der Waals surface area contributed by atoms with E-state index in [2.05, 4.69) is 52.7 Å². The van der Waals surface area contributed by atoms with Gasteiger partial charge >= 0.3 is 6.09 Å². The third-order valence-corrected chi connectivity index (χ3v) is 7.59. The molecule has 1 amide bonds. The van der Waals surface area contributed by atoms with E-state index in [4.69, 9.17) is 4.74 Å². The molecular weight excluding hydrogens is 468 g/mol. The lowest BCUT2D eigenvalue weighted by molar-refractivity contribution is 0.0585. The number of benzene rings is 3. The van der Waals surface area contributed by atoms with Crippen LogP contribution in [0.25, 0.3) is 11.1 Å². The Bertz CT molecular complexity index is 1060. The third kappa shape index (κ3) is 9.64. The van der Waals surface area contributed by atoms with E-state index in [1.54, 1.807) is 0 Å². The molecule has 1 aliphatic rings. The highest BCUT2D eigenvalue weighted by Gasteiger charge is 2.22. The van der Waals surface area contributed by atoms with Crippen LogP contribution in [-0.4, -0.2) is 36.7 Å². The number of unbranched alkanes of at least 4 members (excludes halogenated alkanes) is 7. The van der Waals surface area contributed by atoms with Crippen LogP contribution in [-0.2, 0) is 11.2 Å². The largest absolute Gasteiger partial charge is 0.446 e. The smallest absolute Gasteiger partial charge is 0.411 e. The first-order valence-electron chi connectivity index (χ1n) is 14.7. The fourth-order valence-electron chi connectivity index (χ4n) is 5.37. The van der Waals surface area contributed by atoms with E-state index in [1.165, 1.54) is 69.9 Å². The Morgan fingerprint density at radius 1 is 0.711 bits per heavy atom. The van der Waals surface area contributed by atoms with Gasteiger partial charge in [0.25, 0.3) is 0 Å². The van der Waals surface area contributed by atoms with Crippen LogP contribution >= 0.6 is 0 Å². The molecule has 0 saturated carbocycles. The van der Waals surface area contributed by atoms with Gasteiger partial charge in [0.2, 0.25) is 0 Å². The van der Waals surface area contributed by atoms with Gasteiger partial charge in [-0.1, -0.05) is 117 Å². The Morgan fingerprint density at radius 3 is 2.00 bits per heavy atom. The van der Waals surface area contributed by atoms with Gasteiger partial charge in [-0.2, -0.15) is 0 Å². The monoisotopic (exact) mass is 512 g/mol. The zero-order valence-electron chi connectivity index (χ0n) is 22.8. The minimum atomic E-state index is -0.355. The molecule has 0 aliphatic carbocycles. The van der Waals surface area contributed by atoms with Crippen molar-refractivity contribution in [3.05, 3.63) is 90.5 Å². The van der Waals surface area contributed by atoms with Gasteiger partial charge in [0.1, 0.15) is 6.10 Å². The second-order valence-corrected chi connectivity index (χ2v) is 10.5. The highest BCUT2D eigenvalue weighted by atomic mass is 16.6. The van der Waals surface area contributed by atoms with Gasteiger partial charge < -0.3 is 9.64 Å². The molecular formula is C34H44N2O2. The first kappa shape index (κ1) is 27.9. The zero-order chi connectivity index (χ0) is 26.3. The molecule has 1 saturated heterocycles. The van der Waals surface area contributed by atoms with Crippen molar-refractivity contribution >= 4 is 11.8 Å². The van der Waals surface area contributed by atoms with E-state index < -0.39 is 0 Å². The predicted octanol–water partition coefficient (Wildman–Crippen LogP) is 8.73. The number of rotatable bonds is 14. The van der Waals surface area contributed by atoms with Gasteiger partial charge in [-0.3, -0.25) is 5.32 Å². The summed E-state index contributed by atoms with van der Waals surface area (Å²) in [6, 6.07) is 28.8. The maximum atomic E-state index is 12.6. The van der Waals surface area contributed by atoms with Crippen LogP contribution in [0.1, 0.15) is 69.8 Å². The lowest BCUT2D eigenvalue weighted by Gasteiger charge is -2.31. The van der Waals surface area contributed by atoms with Crippen LogP contribution in [0.15, 0.2) is 84.9 Å². The van der Waals surface area contributed by atoms with Gasteiger partial charge in [-0.05, 0) is 55.8 Å². The minimum absolute atomic E-state index is 0.00275. The summed E-state index contributed by atoms with van der Waals surface area (Å²) in [6.45, 7) is 3.19. The summed E-state index contributed by atoms with van der Waals surface area (Å²) in [5.41, 5.74) is 4.34. The lowest BCUT2D eigenvalue weighted by atomic mass is 10.0. The number of likely N-dealkylation sites (tertiary alicyclic amines) is 1. The number of aryl methyl sites for hydroxylation is 1. The molecule has 0 radical (unpaired) electrons. The maximum absolute atomic E-state index is 12.6. The van der Waals surface area contributed by atoms with Crippen molar-refractivity contribution in [2.75, 3.05) is 25.0 Å². The molecule has 3 aromatic carbocycles. The summed E-state index contributed by atoms with van der Waals surface area (Å²) >= 11 is 0. The minimum Gasteiger partial charge on any atom is -0.446 e. The van der Waals surface area contributed by atoms with E-state index in [9.17, 15) is 4.79 Å². The number of nitrogens with one attached hydrogen (secondary N) is 1. The molecule has 0 aromatic heterocycles. The highest BCUT2D eigenvalue weighted by Crippen LogP contribution is 2.28. The zero-order valence-corrected chi connectivity index (χ0v) is 22.8. The molecule has 3 aromatic rings. The van der Waals surface area contributed by atoms with Gasteiger partial charge in [0.05, 0.1) is 5.69 Å². The van der Waals surface area contributed by atoms with Crippen molar-refractivity contribution in [3.8, 4) is 11.1 Å².